The normalized spacial score (nSPS) is 24.1. The topological polar surface area (TPSA) is 55.2 Å². The number of ether oxygens (including phenoxy) is 1. The fourth-order valence-corrected chi connectivity index (χ4v) is 4.62. The Kier molecular flexibility index (Phi) is 4.99. The van der Waals surface area contributed by atoms with Crippen LogP contribution in [0.1, 0.15) is 36.3 Å². The van der Waals surface area contributed by atoms with Gasteiger partial charge in [0.15, 0.2) is 5.11 Å². The molecule has 0 aliphatic carbocycles. The Bertz CT molecular complexity index is 971. The standard InChI is InChI=1S/C22H23N5OS/c29-22-25-20(18-6-1-2-10-24-18)21(27(22)15-17-5-4-14-28-17)19-7-3-13-26(19)16-8-11-23-12-9-16/h1-3,6-13,17,20-21H,4-5,14-15H2,(H,25,29)/t17-,20+,21-/m0/s1. The van der Waals surface area contributed by atoms with Gasteiger partial charge in [-0.05, 0) is 61.5 Å². The predicted molar refractivity (Wildman–Crippen MR) is 115 cm³/mol. The van der Waals surface area contributed by atoms with Crippen molar-refractivity contribution in [3.05, 3.63) is 78.6 Å². The maximum atomic E-state index is 5.92. The predicted octanol–water partition coefficient (Wildman–Crippen LogP) is 3.42. The molecular weight excluding hydrogens is 382 g/mol. The molecule has 5 rings (SSSR count). The quantitative estimate of drug-likeness (QED) is 0.657. The van der Waals surface area contributed by atoms with Gasteiger partial charge in [-0.15, -0.1) is 0 Å². The van der Waals surface area contributed by atoms with Crippen LogP contribution in [0.25, 0.3) is 5.69 Å². The Morgan fingerprint density at radius 3 is 2.76 bits per heavy atom. The number of hydrogen-bond acceptors (Lipinski definition) is 4. The number of rotatable bonds is 5. The highest BCUT2D eigenvalue weighted by Crippen LogP contribution is 2.40. The van der Waals surface area contributed by atoms with E-state index in [4.69, 9.17) is 17.0 Å². The second kappa shape index (κ2) is 7.93. The van der Waals surface area contributed by atoms with Crippen LogP contribution in [0.2, 0.25) is 0 Å². The molecule has 2 aliphatic heterocycles. The lowest BCUT2D eigenvalue weighted by Crippen LogP contribution is -2.36. The Labute approximate surface area is 175 Å². The van der Waals surface area contributed by atoms with Crippen molar-refractivity contribution in [1.82, 2.24) is 24.8 Å². The minimum atomic E-state index is -0.0272. The second-order valence-electron chi connectivity index (χ2n) is 7.42. The van der Waals surface area contributed by atoms with Gasteiger partial charge in [0.25, 0.3) is 0 Å². The van der Waals surface area contributed by atoms with E-state index in [1.165, 1.54) is 0 Å². The van der Waals surface area contributed by atoms with Crippen molar-refractivity contribution in [2.75, 3.05) is 13.2 Å². The second-order valence-corrected chi connectivity index (χ2v) is 7.81. The number of pyridine rings is 2. The molecule has 0 spiro atoms. The zero-order valence-corrected chi connectivity index (χ0v) is 16.8. The van der Waals surface area contributed by atoms with Crippen LogP contribution < -0.4 is 5.32 Å². The minimum Gasteiger partial charge on any atom is -0.376 e. The maximum absolute atomic E-state index is 5.92. The summed E-state index contributed by atoms with van der Waals surface area (Å²) in [5, 5.41) is 4.28. The van der Waals surface area contributed by atoms with Crippen molar-refractivity contribution >= 4 is 17.3 Å². The van der Waals surface area contributed by atoms with Crippen LogP contribution in [0.5, 0.6) is 0 Å². The van der Waals surface area contributed by atoms with Gasteiger partial charge in [-0.25, -0.2) is 0 Å². The number of hydrogen-bond donors (Lipinski definition) is 1. The van der Waals surface area contributed by atoms with E-state index in [2.05, 4.69) is 49.1 Å². The van der Waals surface area contributed by atoms with Crippen LogP contribution in [-0.2, 0) is 4.74 Å². The van der Waals surface area contributed by atoms with Crippen LogP contribution in [-0.4, -0.2) is 43.8 Å². The first-order chi connectivity index (χ1) is 14.3. The molecule has 3 aromatic rings. The SMILES string of the molecule is S=C1N[C@H](c2ccccn2)[C@H](c2cccn2-c2ccncc2)N1C[C@@H]1CCCO1. The summed E-state index contributed by atoms with van der Waals surface area (Å²) in [5.74, 6) is 0. The summed E-state index contributed by atoms with van der Waals surface area (Å²) in [7, 11) is 0. The van der Waals surface area contributed by atoms with E-state index < -0.39 is 0 Å². The molecule has 7 heteroatoms. The molecule has 148 valence electrons. The van der Waals surface area contributed by atoms with Gasteiger partial charge in [-0.1, -0.05) is 6.07 Å². The van der Waals surface area contributed by atoms with Gasteiger partial charge >= 0.3 is 0 Å². The van der Waals surface area contributed by atoms with Gasteiger partial charge in [-0.3, -0.25) is 9.97 Å². The van der Waals surface area contributed by atoms with Crippen molar-refractivity contribution in [1.29, 1.82) is 0 Å². The van der Waals surface area contributed by atoms with E-state index in [9.17, 15) is 0 Å². The summed E-state index contributed by atoms with van der Waals surface area (Å²) >= 11 is 5.78. The van der Waals surface area contributed by atoms with E-state index in [-0.39, 0.29) is 18.2 Å². The zero-order chi connectivity index (χ0) is 19.6. The molecule has 0 bridgehead atoms. The van der Waals surface area contributed by atoms with Gasteiger partial charge in [0.05, 0.1) is 23.9 Å². The van der Waals surface area contributed by atoms with Gasteiger partial charge in [-0.2, -0.15) is 0 Å². The number of thiocarbonyl (C=S) groups is 1. The van der Waals surface area contributed by atoms with Crippen LogP contribution in [0.3, 0.4) is 0 Å². The van der Waals surface area contributed by atoms with Crippen LogP contribution >= 0.6 is 12.2 Å². The molecule has 6 nitrogen and oxygen atoms in total. The molecule has 3 atom stereocenters. The average Bonchev–Trinajstić information content (AvgIpc) is 3.51. The summed E-state index contributed by atoms with van der Waals surface area (Å²) in [4.78, 5) is 11.1. The largest absolute Gasteiger partial charge is 0.376 e. The first-order valence-corrected chi connectivity index (χ1v) is 10.4. The molecule has 2 fully saturated rings. The van der Waals surface area contributed by atoms with E-state index in [1.807, 2.05) is 42.9 Å². The molecule has 0 radical (unpaired) electrons. The third kappa shape index (κ3) is 3.52. The van der Waals surface area contributed by atoms with Crippen molar-refractivity contribution in [2.24, 2.45) is 0 Å². The van der Waals surface area contributed by atoms with Gasteiger partial charge in [0.1, 0.15) is 0 Å². The molecule has 0 amide bonds. The smallest absolute Gasteiger partial charge is 0.170 e. The maximum Gasteiger partial charge on any atom is 0.170 e. The van der Waals surface area contributed by atoms with Crippen molar-refractivity contribution in [3.8, 4) is 5.69 Å². The number of aromatic nitrogens is 3. The third-order valence-corrected chi connectivity index (χ3v) is 6.00. The molecule has 0 unspecified atom stereocenters. The van der Waals surface area contributed by atoms with Crippen molar-refractivity contribution in [2.45, 2.75) is 31.0 Å². The Hall–Kier alpha value is -2.77. The van der Waals surface area contributed by atoms with Gasteiger partial charge < -0.3 is 19.5 Å². The fourth-order valence-electron chi connectivity index (χ4n) is 4.31. The van der Waals surface area contributed by atoms with Gasteiger partial charge in [0, 0.05) is 49.3 Å². The number of nitrogens with one attached hydrogen (secondary N) is 1. The Balaban J connectivity index is 1.57. The van der Waals surface area contributed by atoms with Crippen LogP contribution in [0.4, 0.5) is 0 Å². The van der Waals surface area contributed by atoms with E-state index in [1.54, 1.807) is 0 Å². The van der Waals surface area contributed by atoms with Gasteiger partial charge in [0.2, 0.25) is 0 Å². The van der Waals surface area contributed by atoms with E-state index >= 15 is 0 Å². The lowest BCUT2D eigenvalue weighted by Gasteiger charge is -2.30. The highest BCUT2D eigenvalue weighted by atomic mass is 32.1. The lowest BCUT2D eigenvalue weighted by molar-refractivity contribution is 0.0836. The molecular formula is C22H23N5OS. The molecule has 0 aromatic carbocycles. The third-order valence-electron chi connectivity index (χ3n) is 5.65. The molecule has 29 heavy (non-hydrogen) atoms. The molecule has 2 saturated heterocycles. The summed E-state index contributed by atoms with van der Waals surface area (Å²) in [6, 6.07) is 14.3. The molecule has 2 aliphatic rings. The summed E-state index contributed by atoms with van der Waals surface area (Å²) in [5.41, 5.74) is 3.23. The molecule has 0 saturated carbocycles. The number of nitrogens with zero attached hydrogens (tertiary/aromatic N) is 4. The molecule has 5 heterocycles. The fraction of sp³-hybridized carbons (Fsp3) is 0.318. The molecule has 3 aromatic heterocycles. The summed E-state index contributed by atoms with van der Waals surface area (Å²) < 4.78 is 8.13. The van der Waals surface area contributed by atoms with E-state index in [0.29, 0.717) is 0 Å². The Morgan fingerprint density at radius 1 is 1.10 bits per heavy atom. The zero-order valence-electron chi connectivity index (χ0n) is 16.0. The lowest BCUT2D eigenvalue weighted by atomic mass is 10.0. The van der Waals surface area contributed by atoms with Crippen molar-refractivity contribution < 1.29 is 4.74 Å². The van der Waals surface area contributed by atoms with Crippen LogP contribution in [0, 0.1) is 0 Å². The first-order valence-electron chi connectivity index (χ1n) is 9.98. The van der Waals surface area contributed by atoms with Crippen molar-refractivity contribution in [3.63, 3.8) is 0 Å². The molecule has 1 N–H and O–H groups in total. The van der Waals surface area contributed by atoms with E-state index in [0.717, 1.165) is 48.2 Å². The van der Waals surface area contributed by atoms with Crippen LogP contribution in [0.15, 0.2) is 67.3 Å². The summed E-state index contributed by atoms with van der Waals surface area (Å²) in [6.07, 6.45) is 9.96. The average molecular weight is 406 g/mol. The monoisotopic (exact) mass is 405 g/mol. The Morgan fingerprint density at radius 2 is 2.00 bits per heavy atom. The highest BCUT2D eigenvalue weighted by Gasteiger charge is 2.42. The first kappa shape index (κ1) is 18.3. The highest BCUT2D eigenvalue weighted by molar-refractivity contribution is 7.80. The minimum absolute atomic E-state index is 0.0183. The summed E-state index contributed by atoms with van der Waals surface area (Å²) in [6.45, 7) is 1.61.